The minimum Gasteiger partial charge on any atom is -0.497 e. The Bertz CT molecular complexity index is 888. The van der Waals surface area contributed by atoms with Gasteiger partial charge in [0.25, 0.3) is 0 Å². The highest BCUT2D eigenvalue weighted by Crippen LogP contribution is 2.26. The number of thiazole rings is 1. The summed E-state index contributed by atoms with van der Waals surface area (Å²) < 4.78 is 15.8. The van der Waals surface area contributed by atoms with E-state index >= 15 is 0 Å². The summed E-state index contributed by atoms with van der Waals surface area (Å²) in [6, 6.07) is 5.52. The van der Waals surface area contributed by atoms with E-state index in [2.05, 4.69) is 20.6 Å². The van der Waals surface area contributed by atoms with Crippen molar-refractivity contribution in [3.8, 4) is 11.5 Å². The summed E-state index contributed by atoms with van der Waals surface area (Å²) in [5, 5.41) is 7.38. The molecule has 0 amide bonds. The molecule has 1 aromatic carbocycles. The van der Waals surface area contributed by atoms with Crippen molar-refractivity contribution in [3.63, 3.8) is 0 Å². The number of hydrogen-bond acceptors (Lipinski definition) is 7. The number of hydrogen-bond donors (Lipinski definition) is 2. The van der Waals surface area contributed by atoms with E-state index in [-0.39, 0.29) is 36.0 Å². The summed E-state index contributed by atoms with van der Waals surface area (Å²) in [5.41, 5.74) is 1.62. The number of nitrogens with one attached hydrogen (secondary N) is 2. The molecule has 0 saturated carbocycles. The highest BCUT2D eigenvalue weighted by Gasteiger charge is 2.20. The van der Waals surface area contributed by atoms with Crippen LogP contribution in [0.1, 0.15) is 52.7 Å². The van der Waals surface area contributed by atoms with Crippen molar-refractivity contribution in [1.29, 1.82) is 0 Å². The van der Waals surface area contributed by atoms with Crippen molar-refractivity contribution >= 4 is 47.2 Å². The molecule has 1 unspecified atom stereocenters. The van der Waals surface area contributed by atoms with E-state index in [0.29, 0.717) is 36.2 Å². The van der Waals surface area contributed by atoms with Crippen LogP contribution in [-0.4, -0.2) is 44.3 Å². The number of rotatable bonds is 9. The van der Waals surface area contributed by atoms with Gasteiger partial charge in [0.1, 0.15) is 21.4 Å². The van der Waals surface area contributed by atoms with Gasteiger partial charge in [-0.15, -0.1) is 35.3 Å². The third-order valence-electron chi connectivity index (χ3n) is 4.24. The Morgan fingerprint density at radius 3 is 2.61 bits per heavy atom. The Kier molecular flexibility index (Phi) is 11.6. The summed E-state index contributed by atoms with van der Waals surface area (Å²) in [7, 11) is 3.24. The maximum absolute atomic E-state index is 12.1. The van der Waals surface area contributed by atoms with Crippen LogP contribution in [0.25, 0.3) is 0 Å². The molecule has 1 atom stereocenters. The molecule has 0 fully saturated rings. The highest BCUT2D eigenvalue weighted by atomic mass is 127. The lowest BCUT2D eigenvalue weighted by atomic mass is 10.2. The molecule has 2 N–H and O–H groups in total. The molecule has 0 bridgehead atoms. The molecule has 8 nitrogen and oxygen atoms in total. The number of ether oxygens (including phenoxy) is 3. The van der Waals surface area contributed by atoms with E-state index in [1.54, 1.807) is 21.1 Å². The predicted molar refractivity (Wildman–Crippen MR) is 134 cm³/mol. The first-order valence-corrected chi connectivity index (χ1v) is 10.6. The normalized spacial score (nSPS) is 11.9. The quantitative estimate of drug-likeness (QED) is 0.206. The van der Waals surface area contributed by atoms with Crippen LogP contribution in [0.5, 0.6) is 11.5 Å². The predicted octanol–water partition coefficient (Wildman–Crippen LogP) is 4.08. The van der Waals surface area contributed by atoms with Crippen LogP contribution >= 0.6 is 35.3 Å². The first-order valence-electron chi connectivity index (χ1n) is 9.83. The van der Waals surface area contributed by atoms with Gasteiger partial charge in [0.15, 0.2) is 5.96 Å². The number of carbonyl (C=O) groups excluding carboxylic acids is 1. The van der Waals surface area contributed by atoms with Gasteiger partial charge in [0.05, 0.1) is 39.1 Å². The lowest BCUT2D eigenvalue weighted by Crippen LogP contribution is -2.38. The summed E-state index contributed by atoms with van der Waals surface area (Å²) in [4.78, 5) is 21.8. The van der Waals surface area contributed by atoms with Gasteiger partial charge in [-0.25, -0.2) is 14.8 Å². The van der Waals surface area contributed by atoms with Crippen LogP contribution in [0.4, 0.5) is 0 Å². The maximum atomic E-state index is 12.1. The Balaban J connectivity index is 0.00000480. The van der Waals surface area contributed by atoms with Crippen molar-refractivity contribution < 1.29 is 19.0 Å². The number of aromatic nitrogens is 1. The smallest absolute Gasteiger partial charge is 0.350 e. The summed E-state index contributed by atoms with van der Waals surface area (Å²) in [5.74, 6) is 1.76. The Labute approximate surface area is 204 Å². The number of benzene rings is 1. The number of halogens is 1. The average molecular weight is 562 g/mol. The Morgan fingerprint density at radius 2 is 2.00 bits per heavy atom. The molecule has 0 saturated heterocycles. The first kappa shape index (κ1) is 27.0. The van der Waals surface area contributed by atoms with Crippen molar-refractivity contribution in [3.05, 3.63) is 39.3 Å². The molecule has 31 heavy (non-hydrogen) atoms. The van der Waals surface area contributed by atoms with Gasteiger partial charge in [-0.1, -0.05) is 0 Å². The van der Waals surface area contributed by atoms with Crippen LogP contribution in [0.3, 0.4) is 0 Å². The molecule has 2 rings (SSSR count). The second kappa shape index (κ2) is 13.4. The van der Waals surface area contributed by atoms with Crippen molar-refractivity contribution in [2.75, 3.05) is 27.4 Å². The molecular weight excluding hydrogens is 531 g/mol. The second-order valence-corrected chi connectivity index (χ2v) is 7.46. The van der Waals surface area contributed by atoms with Crippen LogP contribution in [0.2, 0.25) is 0 Å². The number of methoxy groups -OCH3 is 2. The zero-order valence-electron chi connectivity index (χ0n) is 18.8. The Hall–Kier alpha value is -2.08. The minimum atomic E-state index is -0.335. The third kappa shape index (κ3) is 7.53. The van der Waals surface area contributed by atoms with Crippen LogP contribution in [0.15, 0.2) is 23.2 Å². The molecule has 0 spiro atoms. The van der Waals surface area contributed by atoms with Crippen LogP contribution < -0.4 is 20.1 Å². The molecule has 2 aromatic rings. The fraction of sp³-hybridized carbons (Fsp3) is 0.476. The molecule has 10 heteroatoms. The van der Waals surface area contributed by atoms with E-state index in [1.807, 2.05) is 39.0 Å². The molecular formula is C21H31IN4O4S. The lowest BCUT2D eigenvalue weighted by molar-refractivity contribution is 0.0531. The molecule has 0 aliphatic carbocycles. The van der Waals surface area contributed by atoms with Gasteiger partial charge in [0, 0.05) is 18.2 Å². The van der Waals surface area contributed by atoms with E-state index in [4.69, 9.17) is 14.2 Å². The zero-order chi connectivity index (χ0) is 22.1. The van der Waals surface area contributed by atoms with Gasteiger partial charge in [0.2, 0.25) is 0 Å². The SMILES string of the molecule is CCNC(=NCc1ccc(OC)cc1OC)NC(C)c1nc(C)c(C(=O)OCC)s1.I. The largest absolute Gasteiger partial charge is 0.497 e. The third-order valence-corrected chi connectivity index (χ3v) is 5.56. The van der Waals surface area contributed by atoms with Gasteiger partial charge in [-0.2, -0.15) is 0 Å². The average Bonchev–Trinajstić information content (AvgIpc) is 3.14. The van der Waals surface area contributed by atoms with Crippen molar-refractivity contribution in [2.24, 2.45) is 4.99 Å². The number of esters is 1. The fourth-order valence-corrected chi connectivity index (χ4v) is 3.69. The number of aliphatic imine (C=N–C) groups is 1. The number of nitrogens with zero attached hydrogens (tertiary/aromatic N) is 2. The van der Waals surface area contributed by atoms with Gasteiger partial charge in [-0.05, 0) is 39.8 Å². The summed E-state index contributed by atoms with van der Waals surface area (Å²) in [6.45, 7) is 9.07. The van der Waals surface area contributed by atoms with Crippen molar-refractivity contribution in [1.82, 2.24) is 15.6 Å². The molecule has 0 aliphatic heterocycles. The summed E-state index contributed by atoms with van der Waals surface area (Å²) >= 11 is 1.34. The van der Waals surface area contributed by atoms with Crippen LogP contribution in [0, 0.1) is 6.92 Å². The summed E-state index contributed by atoms with van der Waals surface area (Å²) in [6.07, 6.45) is 0. The zero-order valence-corrected chi connectivity index (χ0v) is 21.9. The molecule has 0 radical (unpaired) electrons. The van der Waals surface area contributed by atoms with Crippen LogP contribution in [-0.2, 0) is 11.3 Å². The number of aryl methyl sites for hydroxylation is 1. The topological polar surface area (TPSA) is 94.1 Å². The monoisotopic (exact) mass is 562 g/mol. The number of carbonyl (C=O) groups is 1. The van der Waals surface area contributed by atoms with E-state index < -0.39 is 0 Å². The standard InChI is InChI=1S/C21H30N4O4S.HI/c1-7-22-21(23-12-15-9-10-16(27-5)11-17(15)28-6)25-14(4)19-24-13(3)18(30-19)20(26)29-8-2;/h9-11,14H,7-8,12H2,1-6H3,(H2,22,23,25);1H. The van der Waals surface area contributed by atoms with E-state index in [1.165, 1.54) is 11.3 Å². The van der Waals surface area contributed by atoms with E-state index in [0.717, 1.165) is 22.1 Å². The van der Waals surface area contributed by atoms with E-state index in [9.17, 15) is 4.79 Å². The molecule has 0 aliphatic rings. The minimum absolute atomic E-state index is 0. The lowest BCUT2D eigenvalue weighted by Gasteiger charge is -2.16. The highest BCUT2D eigenvalue weighted by molar-refractivity contribution is 14.0. The second-order valence-electron chi connectivity index (χ2n) is 6.43. The molecule has 172 valence electrons. The Morgan fingerprint density at radius 1 is 1.26 bits per heavy atom. The van der Waals surface area contributed by atoms with Gasteiger partial charge < -0.3 is 24.8 Å². The van der Waals surface area contributed by atoms with Gasteiger partial charge >= 0.3 is 5.97 Å². The molecule has 1 heterocycles. The fourth-order valence-electron chi connectivity index (χ4n) is 2.72. The molecule has 1 aromatic heterocycles. The maximum Gasteiger partial charge on any atom is 0.350 e. The van der Waals surface area contributed by atoms with Crippen molar-refractivity contribution in [2.45, 2.75) is 40.3 Å². The van der Waals surface area contributed by atoms with Gasteiger partial charge in [-0.3, -0.25) is 0 Å². The number of guanidine groups is 1. The first-order chi connectivity index (χ1) is 14.4.